The molecule has 0 amide bonds. The number of aliphatic hydroxyl groups is 1. The third-order valence-corrected chi connectivity index (χ3v) is 7.18. The van der Waals surface area contributed by atoms with E-state index in [2.05, 4.69) is 39.3 Å². The summed E-state index contributed by atoms with van der Waals surface area (Å²) in [4.78, 5) is 15.2. The summed E-state index contributed by atoms with van der Waals surface area (Å²) >= 11 is 1.78. The van der Waals surface area contributed by atoms with Crippen LogP contribution < -0.4 is 0 Å². The Labute approximate surface area is 186 Å². The fraction of sp³-hybridized carbons (Fsp3) is 0.391. The number of benzene rings is 2. The highest BCUT2D eigenvalue weighted by molar-refractivity contribution is 8.00. The van der Waals surface area contributed by atoms with Gasteiger partial charge in [-0.25, -0.2) is 0 Å². The van der Waals surface area contributed by atoms with Crippen molar-refractivity contribution in [3.05, 3.63) is 65.7 Å². The van der Waals surface area contributed by atoms with E-state index in [1.54, 1.807) is 16.9 Å². The van der Waals surface area contributed by atoms with Crippen LogP contribution >= 0.6 is 11.8 Å². The normalized spacial score (nSPS) is 24.3. The molecule has 31 heavy (non-hydrogen) atoms. The fourth-order valence-corrected chi connectivity index (χ4v) is 5.20. The van der Waals surface area contributed by atoms with Crippen molar-refractivity contribution in [1.82, 2.24) is 15.0 Å². The molecule has 1 N–H and O–H groups in total. The summed E-state index contributed by atoms with van der Waals surface area (Å²) in [6, 6.07) is 18.3. The summed E-state index contributed by atoms with van der Waals surface area (Å²) < 4.78 is 5.79. The van der Waals surface area contributed by atoms with E-state index >= 15 is 0 Å². The first-order valence-electron chi connectivity index (χ1n) is 10.6. The number of carbonyl (C=O) groups excluding carboxylic acids is 1. The molecule has 0 aromatic heterocycles. The molecule has 3 aliphatic rings. The summed E-state index contributed by atoms with van der Waals surface area (Å²) in [6.45, 7) is 4.01. The van der Waals surface area contributed by atoms with E-state index in [1.807, 2.05) is 30.3 Å². The molecule has 2 saturated heterocycles. The monoisotopic (exact) mass is 438 g/mol. The van der Waals surface area contributed by atoms with Gasteiger partial charge in [0.1, 0.15) is 0 Å². The van der Waals surface area contributed by atoms with Gasteiger partial charge < -0.3 is 9.84 Å². The second-order valence-electron chi connectivity index (χ2n) is 8.15. The van der Waals surface area contributed by atoms with E-state index in [9.17, 15) is 4.79 Å². The summed E-state index contributed by atoms with van der Waals surface area (Å²) in [6.07, 6.45) is 1.10. The predicted molar refractivity (Wildman–Crippen MR) is 119 cm³/mol. The minimum Gasteiger partial charge on any atom is -0.442 e. The molecular weight excluding hydrogens is 412 g/mol. The van der Waals surface area contributed by atoms with Gasteiger partial charge in [-0.1, -0.05) is 30.3 Å². The Morgan fingerprint density at radius 2 is 1.90 bits per heavy atom. The van der Waals surface area contributed by atoms with Gasteiger partial charge >= 0.3 is 0 Å². The minimum absolute atomic E-state index is 0.219. The van der Waals surface area contributed by atoms with Crippen molar-refractivity contribution in [1.29, 1.82) is 0 Å². The molecule has 3 aliphatic heterocycles. The van der Waals surface area contributed by atoms with Crippen LogP contribution in [0.1, 0.15) is 17.5 Å². The van der Waals surface area contributed by atoms with Crippen molar-refractivity contribution in [2.45, 2.75) is 29.5 Å². The third-order valence-electron chi connectivity index (χ3n) is 5.88. The van der Waals surface area contributed by atoms with E-state index < -0.39 is 6.23 Å². The molecule has 2 fully saturated rings. The second kappa shape index (κ2) is 9.00. The van der Waals surface area contributed by atoms with Crippen LogP contribution in [0.3, 0.4) is 0 Å². The fourth-order valence-electron chi connectivity index (χ4n) is 4.04. The first-order valence-corrected chi connectivity index (χ1v) is 11.5. The molecule has 8 heteroatoms. The summed E-state index contributed by atoms with van der Waals surface area (Å²) in [5.74, 6) is 0.918. The van der Waals surface area contributed by atoms with Crippen LogP contribution in [0.25, 0.3) is 0 Å². The number of thioether (sulfide) groups is 1. The van der Waals surface area contributed by atoms with E-state index in [1.165, 1.54) is 10.5 Å². The molecular formula is C23H26N4O3S. The molecule has 3 heterocycles. The zero-order valence-electron chi connectivity index (χ0n) is 17.2. The number of hydrazine groups is 1. The van der Waals surface area contributed by atoms with Crippen LogP contribution in [0.2, 0.25) is 0 Å². The number of aliphatic hydroxyl groups excluding tert-OH is 1. The van der Waals surface area contributed by atoms with E-state index in [-0.39, 0.29) is 12.0 Å². The van der Waals surface area contributed by atoms with Gasteiger partial charge in [0.15, 0.2) is 6.29 Å². The Morgan fingerprint density at radius 1 is 1.13 bits per heavy atom. The van der Waals surface area contributed by atoms with Gasteiger partial charge in [0.05, 0.1) is 5.37 Å². The average Bonchev–Trinajstić information content (AvgIpc) is 3.18. The Kier molecular flexibility index (Phi) is 5.95. The van der Waals surface area contributed by atoms with Crippen molar-refractivity contribution in [2.24, 2.45) is 11.0 Å². The number of hydrazone groups is 1. The van der Waals surface area contributed by atoms with Gasteiger partial charge in [0.25, 0.3) is 6.23 Å². The molecule has 0 aliphatic carbocycles. The first-order chi connectivity index (χ1) is 15.2. The van der Waals surface area contributed by atoms with Crippen LogP contribution in [-0.2, 0) is 16.1 Å². The Balaban J connectivity index is 1.20. The largest absolute Gasteiger partial charge is 0.442 e. The molecule has 0 radical (unpaired) electrons. The van der Waals surface area contributed by atoms with Crippen LogP contribution in [0.5, 0.6) is 0 Å². The Bertz CT molecular complexity index is 934. The lowest BCUT2D eigenvalue weighted by Crippen LogP contribution is -2.56. The topological polar surface area (TPSA) is 68.6 Å². The maximum Gasteiger partial charge on any atom is 0.259 e. The highest BCUT2D eigenvalue weighted by Crippen LogP contribution is 2.37. The maximum absolute atomic E-state index is 11.6. The van der Waals surface area contributed by atoms with Crippen molar-refractivity contribution in [3.63, 3.8) is 0 Å². The van der Waals surface area contributed by atoms with Crippen LogP contribution in [-0.4, -0.2) is 70.2 Å². The van der Waals surface area contributed by atoms with Crippen molar-refractivity contribution >= 4 is 23.9 Å². The SMILES string of the molecule is O=CC1OC(c2ccccc2)=NN1N1CCC1Sc1ccc(CN2CC(CO)C2)cc1. The number of aldehydes is 1. The molecule has 7 nitrogen and oxygen atoms in total. The predicted octanol–water partition coefficient (Wildman–Crippen LogP) is 2.37. The number of hydrogen-bond acceptors (Lipinski definition) is 8. The van der Waals surface area contributed by atoms with Gasteiger partial charge in [-0.2, -0.15) is 10.1 Å². The van der Waals surface area contributed by atoms with Gasteiger partial charge in [-0.3, -0.25) is 9.69 Å². The summed E-state index contributed by atoms with van der Waals surface area (Å²) in [5, 5.41) is 17.7. The van der Waals surface area contributed by atoms with Crippen molar-refractivity contribution in [3.8, 4) is 0 Å². The number of rotatable bonds is 8. The number of likely N-dealkylation sites (tertiary alicyclic amines) is 1. The number of carbonyl (C=O) groups is 1. The molecule has 2 atom stereocenters. The lowest BCUT2D eigenvalue weighted by molar-refractivity contribution is -0.158. The second-order valence-corrected chi connectivity index (χ2v) is 9.40. The third kappa shape index (κ3) is 4.34. The van der Waals surface area contributed by atoms with Crippen LogP contribution in [0.4, 0.5) is 0 Å². The quantitative estimate of drug-likeness (QED) is 0.635. The minimum atomic E-state index is -0.722. The van der Waals surface area contributed by atoms with Crippen molar-refractivity contribution in [2.75, 3.05) is 26.2 Å². The lowest BCUT2D eigenvalue weighted by Gasteiger charge is -2.44. The Morgan fingerprint density at radius 3 is 2.55 bits per heavy atom. The summed E-state index contributed by atoms with van der Waals surface area (Å²) in [7, 11) is 0. The zero-order valence-corrected chi connectivity index (χ0v) is 18.0. The highest BCUT2D eigenvalue weighted by atomic mass is 32.2. The van der Waals surface area contributed by atoms with Crippen molar-refractivity contribution < 1.29 is 14.6 Å². The van der Waals surface area contributed by atoms with Crippen LogP contribution in [0.15, 0.2) is 64.6 Å². The molecule has 5 rings (SSSR count). The first kappa shape index (κ1) is 20.5. The average molecular weight is 439 g/mol. The molecule has 0 saturated carbocycles. The zero-order chi connectivity index (χ0) is 21.2. The number of ether oxygens (including phenoxy) is 1. The summed E-state index contributed by atoms with van der Waals surface area (Å²) in [5.41, 5.74) is 2.15. The maximum atomic E-state index is 11.6. The van der Waals surface area contributed by atoms with Gasteiger partial charge in [0.2, 0.25) is 5.90 Å². The molecule has 0 bridgehead atoms. The van der Waals surface area contributed by atoms with Gasteiger partial charge in [-0.15, -0.1) is 16.9 Å². The van der Waals surface area contributed by atoms with Gasteiger partial charge in [-0.05, 0) is 36.2 Å². The number of hydrogen-bond donors (Lipinski definition) is 1. The molecule has 162 valence electrons. The van der Waals surface area contributed by atoms with E-state index in [0.29, 0.717) is 11.8 Å². The molecule has 2 aromatic rings. The highest BCUT2D eigenvalue weighted by Gasteiger charge is 2.41. The standard InChI is InChI=1S/C23H26N4O3S/c28-15-18-13-25(14-18)12-17-6-8-20(9-7-17)31-22-10-11-26(22)27-21(16-29)30-23(24-27)19-4-2-1-3-5-19/h1-9,16,18,21-22,28H,10-15H2. The molecule has 2 aromatic carbocycles. The number of nitrogens with zero attached hydrogens (tertiary/aromatic N) is 4. The van der Waals surface area contributed by atoms with Gasteiger partial charge in [0, 0.05) is 49.2 Å². The smallest absolute Gasteiger partial charge is 0.259 e. The van der Waals surface area contributed by atoms with Crippen LogP contribution in [0, 0.1) is 5.92 Å². The molecule has 2 unspecified atom stereocenters. The molecule has 0 spiro atoms. The Hall–Kier alpha value is -2.39. The van der Waals surface area contributed by atoms with E-state index in [0.717, 1.165) is 44.4 Å². The van der Waals surface area contributed by atoms with E-state index in [4.69, 9.17) is 9.84 Å². The lowest BCUT2D eigenvalue weighted by atomic mass is 10.0.